The molecule has 2 heterocycles. The van der Waals surface area contributed by atoms with Crippen LogP contribution >= 0.6 is 27.3 Å². The number of hydrogen-bond donors (Lipinski definition) is 1. The van der Waals surface area contributed by atoms with Crippen LogP contribution in [-0.4, -0.2) is 43.4 Å². The largest absolute Gasteiger partial charge is 0.314 e. The van der Waals surface area contributed by atoms with E-state index in [1.54, 1.807) is 0 Å². The molecule has 0 amide bonds. The molecule has 1 aromatic heterocycles. The zero-order valence-electron chi connectivity index (χ0n) is 9.75. The van der Waals surface area contributed by atoms with E-state index in [0.29, 0.717) is 6.42 Å². The Morgan fingerprint density at radius 1 is 1.41 bits per heavy atom. The number of piperazine rings is 1. The van der Waals surface area contributed by atoms with Gasteiger partial charge in [-0.1, -0.05) is 0 Å². The number of ketones is 1. The molecule has 0 atom stereocenters. The fourth-order valence-corrected chi connectivity index (χ4v) is 3.34. The van der Waals surface area contributed by atoms with Crippen LogP contribution in [-0.2, 0) is 0 Å². The van der Waals surface area contributed by atoms with Crippen LogP contribution in [0, 0.1) is 0 Å². The molecule has 1 saturated heterocycles. The van der Waals surface area contributed by atoms with Crippen LogP contribution in [0.3, 0.4) is 0 Å². The lowest BCUT2D eigenvalue weighted by Crippen LogP contribution is -2.43. The number of thiophene rings is 1. The molecule has 0 saturated carbocycles. The van der Waals surface area contributed by atoms with Crippen molar-refractivity contribution >= 4 is 33.0 Å². The summed E-state index contributed by atoms with van der Waals surface area (Å²) < 4.78 is 1.03. The Balaban J connectivity index is 1.69. The van der Waals surface area contributed by atoms with Gasteiger partial charge in [0.25, 0.3) is 0 Å². The van der Waals surface area contributed by atoms with Crippen molar-refractivity contribution in [2.24, 2.45) is 0 Å². The summed E-state index contributed by atoms with van der Waals surface area (Å²) in [7, 11) is 0. The molecule has 17 heavy (non-hydrogen) atoms. The van der Waals surface area contributed by atoms with E-state index < -0.39 is 0 Å². The maximum Gasteiger partial charge on any atom is 0.172 e. The minimum atomic E-state index is 0.274. The molecule has 1 aliphatic rings. The van der Waals surface area contributed by atoms with Crippen LogP contribution in [0.25, 0.3) is 0 Å². The standard InChI is InChI=1S/C12H17BrN2OS/c13-12-4-3-11(17-12)10(16)2-1-7-15-8-5-14-6-9-15/h3-4,14H,1-2,5-9H2. The molecule has 0 unspecified atom stereocenters. The molecule has 1 fully saturated rings. The number of carbonyl (C=O) groups is 1. The molecule has 0 spiro atoms. The second kappa shape index (κ2) is 6.64. The summed E-state index contributed by atoms with van der Waals surface area (Å²) in [6.45, 7) is 5.41. The Morgan fingerprint density at radius 2 is 2.18 bits per heavy atom. The normalized spacial score (nSPS) is 17.2. The van der Waals surface area contributed by atoms with Crippen molar-refractivity contribution in [2.45, 2.75) is 12.8 Å². The Hall–Kier alpha value is -0.230. The van der Waals surface area contributed by atoms with E-state index in [1.165, 1.54) is 11.3 Å². The first-order chi connectivity index (χ1) is 8.25. The number of nitrogens with one attached hydrogen (secondary N) is 1. The summed E-state index contributed by atoms with van der Waals surface area (Å²) in [6.07, 6.45) is 1.63. The molecule has 1 aliphatic heterocycles. The van der Waals surface area contributed by atoms with E-state index in [9.17, 15) is 4.79 Å². The summed E-state index contributed by atoms with van der Waals surface area (Å²) in [5, 5.41) is 3.33. The zero-order valence-corrected chi connectivity index (χ0v) is 12.1. The van der Waals surface area contributed by atoms with Crippen molar-refractivity contribution < 1.29 is 4.79 Å². The summed E-state index contributed by atoms with van der Waals surface area (Å²) >= 11 is 4.91. The highest BCUT2D eigenvalue weighted by atomic mass is 79.9. The lowest BCUT2D eigenvalue weighted by atomic mass is 10.2. The molecule has 0 radical (unpaired) electrons. The molecule has 94 valence electrons. The maximum atomic E-state index is 11.9. The third-order valence-electron chi connectivity index (χ3n) is 2.94. The number of rotatable bonds is 5. The van der Waals surface area contributed by atoms with E-state index in [-0.39, 0.29) is 5.78 Å². The topological polar surface area (TPSA) is 32.3 Å². The Morgan fingerprint density at radius 3 is 2.82 bits per heavy atom. The number of Topliss-reactive ketones (excluding diaryl/α,β-unsaturated/α-hetero) is 1. The highest BCUT2D eigenvalue weighted by Gasteiger charge is 2.11. The van der Waals surface area contributed by atoms with Gasteiger partial charge < -0.3 is 10.2 Å². The minimum absolute atomic E-state index is 0.274. The molecule has 2 rings (SSSR count). The van der Waals surface area contributed by atoms with Gasteiger partial charge >= 0.3 is 0 Å². The van der Waals surface area contributed by atoms with Crippen LogP contribution in [0.5, 0.6) is 0 Å². The average Bonchev–Trinajstić information content (AvgIpc) is 2.77. The van der Waals surface area contributed by atoms with Gasteiger partial charge in [0.15, 0.2) is 5.78 Å². The second-order valence-electron chi connectivity index (χ2n) is 4.22. The van der Waals surface area contributed by atoms with Crippen LogP contribution in [0.4, 0.5) is 0 Å². The van der Waals surface area contributed by atoms with Crippen molar-refractivity contribution in [1.29, 1.82) is 0 Å². The summed E-state index contributed by atoms with van der Waals surface area (Å²) in [5.41, 5.74) is 0. The first-order valence-corrected chi connectivity index (χ1v) is 7.58. The maximum absolute atomic E-state index is 11.9. The summed E-state index contributed by atoms with van der Waals surface area (Å²) in [5.74, 6) is 0.274. The number of hydrogen-bond acceptors (Lipinski definition) is 4. The fourth-order valence-electron chi connectivity index (χ4n) is 1.99. The molecule has 1 aromatic rings. The Bertz CT molecular complexity index is 374. The van der Waals surface area contributed by atoms with E-state index in [0.717, 1.165) is 47.8 Å². The van der Waals surface area contributed by atoms with Gasteiger partial charge in [0.1, 0.15) is 0 Å². The smallest absolute Gasteiger partial charge is 0.172 e. The molecule has 5 heteroatoms. The molecule has 1 N–H and O–H groups in total. The lowest BCUT2D eigenvalue weighted by molar-refractivity contribution is 0.0977. The monoisotopic (exact) mass is 316 g/mol. The van der Waals surface area contributed by atoms with Crippen LogP contribution < -0.4 is 5.32 Å². The van der Waals surface area contributed by atoms with Gasteiger partial charge in [-0.25, -0.2) is 0 Å². The predicted octanol–water partition coefficient (Wildman–Crippen LogP) is 2.38. The third-order valence-corrected chi connectivity index (χ3v) is 4.60. The highest BCUT2D eigenvalue weighted by Crippen LogP contribution is 2.23. The van der Waals surface area contributed by atoms with Crippen molar-refractivity contribution in [3.05, 3.63) is 20.8 Å². The van der Waals surface area contributed by atoms with E-state index in [1.807, 2.05) is 12.1 Å². The van der Waals surface area contributed by atoms with Crippen molar-refractivity contribution in [3.63, 3.8) is 0 Å². The molecule has 0 bridgehead atoms. The van der Waals surface area contributed by atoms with Crippen molar-refractivity contribution in [3.8, 4) is 0 Å². The number of halogens is 1. The first-order valence-electron chi connectivity index (χ1n) is 5.97. The van der Waals surface area contributed by atoms with E-state index in [4.69, 9.17) is 0 Å². The third kappa shape index (κ3) is 4.17. The summed E-state index contributed by atoms with van der Waals surface area (Å²) in [4.78, 5) is 15.2. The SMILES string of the molecule is O=C(CCCN1CCNCC1)c1ccc(Br)s1. The summed E-state index contributed by atoms with van der Waals surface area (Å²) in [6, 6.07) is 3.84. The Kier molecular flexibility index (Phi) is 5.16. The Labute approximate surface area is 114 Å². The highest BCUT2D eigenvalue weighted by molar-refractivity contribution is 9.11. The lowest BCUT2D eigenvalue weighted by Gasteiger charge is -2.26. The minimum Gasteiger partial charge on any atom is -0.314 e. The molecule has 0 aromatic carbocycles. The van der Waals surface area contributed by atoms with Crippen molar-refractivity contribution in [2.75, 3.05) is 32.7 Å². The van der Waals surface area contributed by atoms with Gasteiger partial charge in [0.2, 0.25) is 0 Å². The van der Waals surface area contributed by atoms with Crippen molar-refractivity contribution in [1.82, 2.24) is 10.2 Å². The first kappa shape index (κ1) is 13.2. The van der Waals surface area contributed by atoms with Gasteiger partial charge in [-0.05, 0) is 41.0 Å². The van der Waals surface area contributed by atoms with Crippen LogP contribution in [0.15, 0.2) is 15.9 Å². The molecular formula is C12H17BrN2OS. The van der Waals surface area contributed by atoms with Crippen LogP contribution in [0.1, 0.15) is 22.5 Å². The van der Waals surface area contributed by atoms with Gasteiger partial charge in [-0.2, -0.15) is 0 Å². The molecule has 3 nitrogen and oxygen atoms in total. The van der Waals surface area contributed by atoms with E-state index >= 15 is 0 Å². The van der Waals surface area contributed by atoms with Gasteiger partial charge in [0.05, 0.1) is 8.66 Å². The molecule has 0 aliphatic carbocycles. The second-order valence-corrected chi connectivity index (χ2v) is 6.69. The number of nitrogens with zero attached hydrogens (tertiary/aromatic N) is 1. The average molecular weight is 317 g/mol. The predicted molar refractivity (Wildman–Crippen MR) is 74.9 cm³/mol. The quantitative estimate of drug-likeness (QED) is 0.846. The van der Waals surface area contributed by atoms with Gasteiger partial charge in [-0.3, -0.25) is 4.79 Å². The zero-order chi connectivity index (χ0) is 12.1. The van der Waals surface area contributed by atoms with Gasteiger partial charge in [0, 0.05) is 32.6 Å². The van der Waals surface area contributed by atoms with E-state index in [2.05, 4.69) is 26.1 Å². The fraction of sp³-hybridized carbons (Fsp3) is 0.583. The van der Waals surface area contributed by atoms with Gasteiger partial charge in [-0.15, -0.1) is 11.3 Å². The van der Waals surface area contributed by atoms with Crippen LogP contribution in [0.2, 0.25) is 0 Å². The molecular weight excluding hydrogens is 300 g/mol. The number of carbonyl (C=O) groups excluding carboxylic acids is 1.